The number of fused-ring (bicyclic) bond motifs is 2. The molecule has 0 saturated carbocycles. The van der Waals surface area contributed by atoms with Crippen LogP contribution >= 0.6 is 0 Å². The fourth-order valence-electron chi connectivity index (χ4n) is 4.41. The van der Waals surface area contributed by atoms with E-state index >= 15 is 0 Å². The van der Waals surface area contributed by atoms with E-state index in [4.69, 9.17) is 18.9 Å². The molecule has 2 aliphatic heterocycles. The highest BCUT2D eigenvalue weighted by molar-refractivity contribution is 5.91. The zero-order chi connectivity index (χ0) is 25.2. The first kappa shape index (κ1) is 24.5. The molecule has 0 bridgehead atoms. The zero-order valence-electron chi connectivity index (χ0n) is 19.9. The van der Waals surface area contributed by atoms with E-state index in [9.17, 15) is 14.0 Å². The number of alkyl halides is 1. The number of ether oxygens (including phenoxy) is 4. The molecular weight excluding hydrogens is 473 g/mol. The van der Waals surface area contributed by atoms with Crippen LogP contribution in [0.4, 0.5) is 10.3 Å². The molecule has 0 aliphatic carbocycles. The lowest BCUT2D eigenvalue weighted by Crippen LogP contribution is -2.57. The Morgan fingerprint density at radius 1 is 1.28 bits per heavy atom. The van der Waals surface area contributed by atoms with E-state index in [1.165, 1.54) is 6.33 Å². The van der Waals surface area contributed by atoms with Crippen LogP contribution in [0.2, 0.25) is 0 Å². The van der Waals surface area contributed by atoms with Crippen LogP contribution in [0.1, 0.15) is 31.7 Å². The second kappa shape index (κ2) is 10.4. The van der Waals surface area contributed by atoms with Gasteiger partial charge in [0, 0.05) is 11.5 Å². The smallest absolute Gasteiger partial charge is 0.280 e. The molecule has 1 aromatic carbocycles. The number of nitrogens with zero attached hydrogens (tertiary/aromatic N) is 3. The minimum absolute atomic E-state index is 0.00948. The van der Waals surface area contributed by atoms with E-state index in [-0.39, 0.29) is 48.8 Å². The number of aromatic nitrogens is 4. The van der Waals surface area contributed by atoms with Gasteiger partial charge in [-0.1, -0.05) is 44.2 Å². The standard InChI is InChI=1S/C24H28FN5O6/c1-13(2)21(31)28-24-27-20-17(22(32)29-24)26-12-30(20)15-10-34-16-11-35-23(14-6-4-3-5-7-14)36-19(16)18(15)33-9-8-25/h3-7,12-13,15-16,18-19,23H,8-11H2,1-2H3,(H2,27,28,29,31,32)/t15-,16-,18+,19-,23?/m1/s1. The number of benzene rings is 1. The Kier molecular flexibility index (Phi) is 7.10. The lowest BCUT2D eigenvalue weighted by Gasteiger charge is -2.46. The molecule has 3 aromatic rings. The number of nitrogens with one attached hydrogen (secondary N) is 2. The molecule has 2 N–H and O–H groups in total. The normalized spacial score (nSPS) is 26.2. The number of imidazole rings is 1. The molecule has 5 atom stereocenters. The predicted octanol–water partition coefficient (Wildman–Crippen LogP) is 2.12. The number of H-pyrrole nitrogens is 1. The molecule has 12 heteroatoms. The summed E-state index contributed by atoms with van der Waals surface area (Å²) in [5, 5.41) is 2.61. The predicted molar refractivity (Wildman–Crippen MR) is 126 cm³/mol. The molecule has 1 unspecified atom stereocenters. The summed E-state index contributed by atoms with van der Waals surface area (Å²) in [6.45, 7) is 3.11. The summed E-state index contributed by atoms with van der Waals surface area (Å²) in [7, 11) is 0. The van der Waals surface area contributed by atoms with Gasteiger partial charge in [0.15, 0.2) is 17.5 Å². The summed E-state index contributed by atoms with van der Waals surface area (Å²) in [6, 6.07) is 8.95. The maximum Gasteiger partial charge on any atom is 0.280 e. The van der Waals surface area contributed by atoms with Crippen molar-refractivity contribution < 1.29 is 28.1 Å². The minimum Gasteiger partial charge on any atom is -0.371 e. The monoisotopic (exact) mass is 501 g/mol. The number of rotatable bonds is 7. The van der Waals surface area contributed by atoms with Gasteiger partial charge in [-0.15, -0.1) is 0 Å². The Labute approximate surface area is 205 Å². The van der Waals surface area contributed by atoms with E-state index in [1.807, 2.05) is 30.3 Å². The molecule has 11 nitrogen and oxygen atoms in total. The van der Waals surface area contributed by atoms with Crippen LogP contribution < -0.4 is 10.9 Å². The highest BCUT2D eigenvalue weighted by atomic mass is 19.1. The third-order valence-electron chi connectivity index (χ3n) is 6.26. The molecule has 0 spiro atoms. The summed E-state index contributed by atoms with van der Waals surface area (Å²) in [5.41, 5.74) is 0.679. The molecular formula is C24H28FN5O6. The lowest BCUT2D eigenvalue weighted by molar-refractivity contribution is -0.311. The van der Waals surface area contributed by atoms with Crippen molar-refractivity contribution in [2.75, 3.05) is 31.8 Å². The van der Waals surface area contributed by atoms with Crippen LogP contribution in [0.15, 0.2) is 41.5 Å². The van der Waals surface area contributed by atoms with Crippen molar-refractivity contribution in [2.24, 2.45) is 5.92 Å². The third-order valence-corrected chi connectivity index (χ3v) is 6.26. The average Bonchev–Trinajstić information content (AvgIpc) is 3.31. The van der Waals surface area contributed by atoms with Crippen molar-refractivity contribution >= 4 is 23.0 Å². The van der Waals surface area contributed by atoms with Gasteiger partial charge in [-0.25, -0.2) is 9.37 Å². The van der Waals surface area contributed by atoms with Crippen LogP contribution in [0.5, 0.6) is 0 Å². The Hall–Kier alpha value is -3.19. The molecule has 0 radical (unpaired) electrons. The van der Waals surface area contributed by atoms with E-state index in [1.54, 1.807) is 18.4 Å². The number of carbonyl (C=O) groups excluding carboxylic acids is 1. The van der Waals surface area contributed by atoms with Gasteiger partial charge in [0.05, 0.1) is 32.2 Å². The van der Waals surface area contributed by atoms with Crippen LogP contribution in [0.3, 0.4) is 0 Å². The summed E-state index contributed by atoms with van der Waals surface area (Å²) < 4.78 is 39.0. The largest absolute Gasteiger partial charge is 0.371 e. The van der Waals surface area contributed by atoms with Crippen LogP contribution in [-0.2, 0) is 23.7 Å². The van der Waals surface area contributed by atoms with Gasteiger partial charge >= 0.3 is 0 Å². The average molecular weight is 502 g/mol. The first-order chi connectivity index (χ1) is 17.5. The number of hydrogen-bond acceptors (Lipinski definition) is 8. The molecule has 4 heterocycles. The second-order valence-electron chi connectivity index (χ2n) is 9.02. The summed E-state index contributed by atoms with van der Waals surface area (Å²) >= 11 is 0. The van der Waals surface area contributed by atoms with Gasteiger partial charge in [-0.2, -0.15) is 4.98 Å². The van der Waals surface area contributed by atoms with Crippen LogP contribution in [-0.4, -0.2) is 70.2 Å². The van der Waals surface area contributed by atoms with Gasteiger partial charge in [-0.05, 0) is 0 Å². The Morgan fingerprint density at radius 2 is 2.08 bits per heavy atom. The highest BCUT2D eigenvalue weighted by Gasteiger charge is 2.47. The van der Waals surface area contributed by atoms with E-state index < -0.39 is 42.9 Å². The van der Waals surface area contributed by atoms with E-state index in [2.05, 4.69) is 20.3 Å². The van der Waals surface area contributed by atoms with E-state index in [0.29, 0.717) is 0 Å². The maximum absolute atomic E-state index is 13.2. The van der Waals surface area contributed by atoms with Crippen LogP contribution in [0, 0.1) is 5.92 Å². The fourth-order valence-corrected chi connectivity index (χ4v) is 4.41. The van der Waals surface area contributed by atoms with Gasteiger partial charge in [0.25, 0.3) is 5.56 Å². The van der Waals surface area contributed by atoms with Crippen molar-refractivity contribution in [3.8, 4) is 0 Å². The van der Waals surface area contributed by atoms with Crippen molar-refractivity contribution in [3.63, 3.8) is 0 Å². The van der Waals surface area contributed by atoms with Crippen molar-refractivity contribution in [1.82, 2.24) is 19.5 Å². The van der Waals surface area contributed by atoms with Gasteiger partial charge in [0.2, 0.25) is 11.9 Å². The van der Waals surface area contributed by atoms with Crippen molar-refractivity contribution in [3.05, 3.63) is 52.6 Å². The fraction of sp³-hybridized carbons (Fsp3) is 0.500. The van der Waals surface area contributed by atoms with Crippen molar-refractivity contribution in [2.45, 2.75) is 44.5 Å². The number of carbonyl (C=O) groups is 1. The lowest BCUT2D eigenvalue weighted by atomic mass is 9.96. The topological polar surface area (TPSA) is 130 Å². The molecule has 2 saturated heterocycles. The quantitative estimate of drug-likeness (QED) is 0.504. The molecule has 2 fully saturated rings. The summed E-state index contributed by atoms with van der Waals surface area (Å²) in [5.74, 6) is -0.587. The number of amides is 1. The molecule has 5 rings (SSSR count). The molecule has 1 amide bonds. The second-order valence-corrected chi connectivity index (χ2v) is 9.02. The van der Waals surface area contributed by atoms with E-state index in [0.717, 1.165) is 5.56 Å². The summed E-state index contributed by atoms with van der Waals surface area (Å²) in [4.78, 5) is 36.0. The summed E-state index contributed by atoms with van der Waals surface area (Å²) in [6.07, 6.45) is -0.798. The number of anilines is 1. The Balaban J connectivity index is 1.48. The first-order valence-electron chi connectivity index (χ1n) is 11.8. The molecule has 2 aromatic heterocycles. The third kappa shape index (κ3) is 4.76. The molecule has 2 aliphatic rings. The van der Waals surface area contributed by atoms with Gasteiger partial charge in [-0.3, -0.25) is 19.9 Å². The van der Waals surface area contributed by atoms with Gasteiger partial charge < -0.3 is 23.5 Å². The number of halogens is 1. The molecule has 192 valence electrons. The first-order valence-corrected chi connectivity index (χ1v) is 11.8. The minimum atomic E-state index is -0.673. The zero-order valence-corrected chi connectivity index (χ0v) is 19.9. The molecule has 36 heavy (non-hydrogen) atoms. The highest BCUT2D eigenvalue weighted by Crippen LogP contribution is 2.37. The van der Waals surface area contributed by atoms with Crippen molar-refractivity contribution in [1.29, 1.82) is 0 Å². The van der Waals surface area contributed by atoms with Crippen LogP contribution in [0.25, 0.3) is 11.2 Å². The Bertz CT molecular complexity index is 1260. The number of hydrogen-bond donors (Lipinski definition) is 2. The Morgan fingerprint density at radius 3 is 2.83 bits per heavy atom. The van der Waals surface area contributed by atoms with Gasteiger partial charge in [0.1, 0.15) is 25.0 Å². The number of aromatic amines is 1. The maximum atomic E-state index is 13.2. The SMILES string of the molecule is CC(C)C(=O)Nc1nc2c(ncn2[C@@H]2CO[C@@H]3COC(c4ccccc4)O[C@H]3[C@H]2OCCF)c(=O)[nH]1.